The van der Waals surface area contributed by atoms with Crippen molar-refractivity contribution in [3.05, 3.63) is 66.1 Å². The summed E-state index contributed by atoms with van der Waals surface area (Å²) in [6, 6.07) is 14.1. The number of hydrogen-bond acceptors (Lipinski definition) is 7. The monoisotopic (exact) mass is 408 g/mol. The molecule has 2 amide bonds. The maximum atomic E-state index is 12.4. The normalized spacial score (nSPS) is 10.7. The lowest BCUT2D eigenvalue weighted by molar-refractivity contribution is 0.101. The van der Waals surface area contributed by atoms with Crippen molar-refractivity contribution in [1.82, 2.24) is 9.97 Å². The number of nitrogens with one attached hydrogen (secondary N) is 2. The van der Waals surface area contributed by atoms with Gasteiger partial charge in [-0.3, -0.25) is 20.2 Å². The molecular formula is C20H16N4O4S. The molecule has 0 saturated heterocycles. The molecule has 0 aliphatic rings. The van der Waals surface area contributed by atoms with Gasteiger partial charge >= 0.3 is 6.01 Å². The Balaban J connectivity index is 1.44. The molecule has 4 rings (SSSR count). The van der Waals surface area contributed by atoms with E-state index in [0.29, 0.717) is 17.3 Å². The van der Waals surface area contributed by atoms with Gasteiger partial charge in [-0.05, 0) is 37.3 Å². The minimum Gasteiger partial charge on any atom is -0.494 e. The third-order valence-electron chi connectivity index (χ3n) is 3.88. The highest BCUT2D eigenvalue weighted by Crippen LogP contribution is 2.29. The first-order chi connectivity index (χ1) is 14.1. The van der Waals surface area contributed by atoms with E-state index in [0.717, 1.165) is 16.0 Å². The van der Waals surface area contributed by atoms with Crippen molar-refractivity contribution in [1.29, 1.82) is 0 Å². The van der Waals surface area contributed by atoms with Gasteiger partial charge in [0.15, 0.2) is 10.8 Å². The van der Waals surface area contributed by atoms with E-state index in [-0.39, 0.29) is 17.6 Å². The highest BCUT2D eigenvalue weighted by atomic mass is 32.1. The number of amides is 2. The predicted molar refractivity (Wildman–Crippen MR) is 110 cm³/mol. The third-order valence-corrected chi connectivity index (χ3v) is 4.82. The van der Waals surface area contributed by atoms with Crippen LogP contribution in [-0.2, 0) is 0 Å². The molecule has 2 aromatic carbocycles. The van der Waals surface area contributed by atoms with E-state index in [4.69, 9.17) is 9.15 Å². The summed E-state index contributed by atoms with van der Waals surface area (Å²) in [6.45, 7) is 2.49. The molecule has 4 aromatic rings. The fourth-order valence-corrected chi connectivity index (χ4v) is 3.46. The molecule has 0 aliphatic carbocycles. The first kappa shape index (κ1) is 18.6. The fraction of sp³-hybridized carbons (Fsp3) is 0.100. The zero-order chi connectivity index (χ0) is 20.2. The van der Waals surface area contributed by atoms with Gasteiger partial charge in [-0.2, -0.15) is 4.98 Å². The molecule has 0 radical (unpaired) electrons. The van der Waals surface area contributed by atoms with Gasteiger partial charge in [0, 0.05) is 5.56 Å². The van der Waals surface area contributed by atoms with Crippen molar-refractivity contribution in [3.8, 4) is 5.75 Å². The number of aromatic nitrogens is 2. The van der Waals surface area contributed by atoms with Crippen LogP contribution in [-0.4, -0.2) is 28.4 Å². The van der Waals surface area contributed by atoms with Gasteiger partial charge in [0.25, 0.3) is 11.8 Å². The molecule has 0 spiro atoms. The molecule has 0 saturated carbocycles. The first-order valence-electron chi connectivity index (χ1n) is 8.79. The quantitative estimate of drug-likeness (QED) is 0.496. The lowest BCUT2D eigenvalue weighted by Crippen LogP contribution is -2.14. The summed E-state index contributed by atoms with van der Waals surface area (Å²) in [6.07, 6.45) is 1.18. The SMILES string of the molecule is CCOc1ccc2nc(NC(=O)c3coc(NC(=O)c4ccccc4)n3)sc2c1. The van der Waals surface area contributed by atoms with Crippen molar-refractivity contribution in [2.75, 3.05) is 17.2 Å². The fourth-order valence-electron chi connectivity index (χ4n) is 2.57. The van der Waals surface area contributed by atoms with Crippen LogP contribution in [0.4, 0.5) is 11.1 Å². The maximum absolute atomic E-state index is 12.4. The Hall–Kier alpha value is -3.72. The molecule has 2 heterocycles. The van der Waals surface area contributed by atoms with E-state index < -0.39 is 5.91 Å². The average molecular weight is 408 g/mol. The Morgan fingerprint density at radius 3 is 2.69 bits per heavy atom. The van der Waals surface area contributed by atoms with E-state index in [1.54, 1.807) is 24.3 Å². The molecule has 0 unspecified atom stereocenters. The van der Waals surface area contributed by atoms with Crippen LogP contribution in [0.2, 0.25) is 0 Å². The Morgan fingerprint density at radius 2 is 1.90 bits per heavy atom. The molecule has 2 aromatic heterocycles. The smallest absolute Gasteiger partial charge is 0.302 e. The Labute approximate surface area is 169 Å². The maximum Gasteiger partial charge on any atom is 0.302 e. The number of benzene rings is 2. The summed E-state index contributed by atoms with van der Waals surface area (Å²) in [7, 11) is 0. The van der Waals surface area contributed by atoms with E-state index in [1.165, 1.54) is 17.6 Å². The number of thiazole rings is 1. The first-order valence-corrected chi connectivity index (χ1v) is 9.60. The van der Waals surface area contributed by atoms with Gasteiger partial charge in [0.2, 0.25) is 0 Å². The van der Waals surface area contributed by atoms with E-state index >= 15 is 0 Å². The largest absolute Gasteiger partial charge is 0.494 e. The lowest BCUT2D eigenvalue weighted by atomic mass is 10.2. The van der Waals surface area contributed by atoms with Gasteiger partial charge < -0.3 is 9.15 Å². The van der Waals surface area contributed by atoms with Crippen LogP contribution in [0.1, 0.15) is 27.8 Å². The van der Waals surface area contributed by atoms with Crippen LogP contribution in [0.15, 0.2) is 59.2 Å². The van der Waals surface area contributed by atoms with Gasteiger partial charge in [-0.15, -0.1) is 0 Å². The number of hydrogen-bond donors (Lipinski definition) is 2. The minimum absolute atomic E-state index is 0.0302. The van der Waals surface area contributed by atoms with Crippen molar-refractivity contribution in [3.63, 3.8) is 0 Å². The molecule has 0 atom stereocenters. The van der Waals surface area contributed by atoms with Gasteiger partial charge in [-0.25, -0.2) is 4.98 Å². The summed E-state index contributed by atoms with van der Waals surface area (Å²) < 4.78 is 11.5. The standard InChI is InChI=1S/C20H16N4O4S/c1-2-27-13-8-9-14-16(10-13)29-20(22-14)24-18(26)15-11-28-19(21-15)23-17(25)12-6-4-3-5-7-12/h3-11H,2H2,1H3,(H,21,23,25)(H,22,24,26). The zero-order valence-corrected chi connectivity index (χ0v) is 16.2. The summed E-state index contributed by atoms with van der Waals surface area (Å²) >= 11 is 1.32. The van der Waals surface area contributed by atoms with E-state index in [2.05, 4.69) is 20.6 Å². The second-order valence-corrected chi connectivity index (χ2v) is 6.92. The van der Waals surface area contributed by atoms with Crippen LogP contribution in [0.5, 0.6) is 5.75 Å². The van der Waals surface area contributed by atoms with Crippen LogP contribution < -0.4 is 15.4 Å². The number of oxazole rings is 1. The number of rotatable bonds is 6. The van der Waals surface area contributed by atoms with Crippen molar-refractivity contribution in [2.45, 2.75) is 6.92 Å². The average Bonchev–Trinajstić information content (AvgIpc) is 3.35. The minimum atomic E-state index is -0.488. The Morgan fingerprint density at radius 1 is 1.07 bits per heavy atom. The van der Waals surface area contributed by atoms with Crippen LogP contribution in [0.3, 0.4) is 0 Å². The summed E-state index contributed by atoms with van der Waals surface area (Å²) in [5.41, 5.74) is 1.24. The van der Waals surface area contributed by atoms with Crippen molar-refractivity contribution in [2.24, 2.45) is 0 Å². The number of ether oxygens (including phenoxy) is 1. The van der Waals surface area contributed by atoms with Crippen LogP contribution in [0.25, 0.3) is 10.2 Å². The van der Waals surface area contributed by atoms with Crippen LogP contribution >= 0.6 is 11.3 Å². The topological polar surface area (TPSA) is 106 Å². The summed E-state index contributed by atoms with van der Waals surface area (Å²) in [4.78, 5) is 32.9. The van der Waals surface area contributed by atoms with Gasteiger partial charge in [0.1, 0.15) is 12.0 Å². The molecule has 146 valence electrons. The number of fused-ring (bicyclic) bond motifs is 1. The number of nitrogens with zero attached hydrogens (tertiary/aromatic N) is 2. The highest BCUT2D eigenvalue weighted by Gasteiger charge is 2.16. The molecule has 0 bridgehead atoms. The number of anilines is 2. The Kier molecular flexibility index (Phi) is 5.21. The molecule has 29 heavy (non-hydrogen) atoms. The molecule has 9 heteroatoms. The Bertz CT molecular complexity index is 1170. The molecule has 2 N–H and O–H groups in total. The van der Waals surface area contributed by atoms with E-state index in [9.17, 15) is 9.59 Å². The number of carbonyl (C=O) groups is 2. The van der Waals surface area contributed by atoms with Crippen molar-refractivity contribution < 1.29 is 18.7 Å². The third kappa shape index (κ3) is 4.25. The highest BCUT2D eigenvalue weighted by molar-refractivity contribution is 7.22. The van der Waals surface area contributed by atoms with Crippen LogP contribution in [0, 0.1) is 0 Å². The predicted octanol–water partition coefficient (Wildman–Crippen LogP) is 4.19. The summed E-state index contributed by atoms with van der Waals surface area (Å²) in [5.74, 6) is -0.120. The molecule has 8 nitrogen and oxygen atoms in total. The number of carbonyl (C=O) groups excluding carboxylic acids is 2. The van der Waals surface area contributed by atoms with Gasteiger partial charge in [0.05, 0.1) is 16.8 Å². The second-order valence-electron chi connectivity index (χ2n) is 5.89. The molecule has 0 aliphatic heterocycles. The second kappa shape index (κ2) is 8.11. The molecule has 0 fully saturated rings. The zero-order valence-electron chi connectivity index (χ0n) is 15.3. The molecular weight excluding hydrogens is 392 g/mol. The lowest BCUT2D eigenvalue weighted by Gasteiger charge is -2.00. The van der Waals surface area contributed by atoms with E-state index in [1.807, 2.05) is 31.2 Å². The van der Waals surface area contributed by atoms with Crippen molar-refractivity contribution >= 4 is 44.5 Å². The van der Waals surface area contributed by atoms with Gasteiger partial charge in [-0.1, -0.05) is 29.5 Å². The summed E-state index contributed by atoms with van der Waals surface area (Å²) in [5, 5.41) is 5.63.